The summed E-state index contributed by atoms with van der Waals surface area (Å²) in [5.41, 5.74) is 1.12. The maximum Gasteiger partial charge on any atom is 0.490 e. The molecule has 3 aliphatic rings. The summed E-state index contributed by atoms with van der Waals surface area (Å²) in [5.74, 6) is -1.37. The summed E-state index contributed by atoms with van der Waals surface area (Å²) in [6, 6.07) is 3.80. The smallest absolute Gasteiger partial charge is 0.490 e. The third kappa shape index (κ3) is 6.21. The van der Waals surface area contributed by atoms with E-state index in [0.29, 0.717) is 32.0 Å². The van der Waals surface area contributed by atoms with E-state index in [9.17, 15) is 18.0 Å². The Balaban J connectivity index is 0.000000360. The van der Waals surface area contributed by atoms with Gasteiger partial charge in [-0.25, -0.2) is 4.79 Å². The molecule has 1 aliphatic carbocycles. The van der Waals surface area contributed by atoms with E-state index in [2.05, 4.69) is 11.1 Å². The number of amides is 1. The fourth-order valence-electron chi connectivity index (χ4n) is 4.15. The SMILES string of the molecule is O=C(CC1=CCCCC1)N1CC2(C1)OCCC2COc1cccnc1.O=C(O)C(F)(F)F. The summed E-state index contributed by atoms with van der Waals surface area (Å²) < 4.78 is 43.7. The van der Waals surface area contributed by atoms with Crippen LogP contribution in [0.3, 0.4) is 0 Å². The average molecular weight is 456 g/mol. The highest BCUT2D eigenvalue weighted by atomic mass is 19.4. The molecule has 3 heterocycles. The number of aliphatic carboxylic acids is 1. The third-order valence-corrected chi connectivity index (χ3v) is 5.96. The van der Waals surface area contributed by atoms with E-state index in [-0.39, 0.29) is 11.5 Å². The predicted molar refractivity (Wildman–Crippen MR) is 108 cm³/mol. The van der Waals surface area contributed by atoms with Gasteiger partial charge >= 0.3 is 12.1 Å². The summed E-state index contributed by atoms with van der Waals surface area (Å²) in [5, 5.41) is 7.12. The second-order valence-electron chi connectivity index (χ2n) is 8.24. The van der Waals surface area contributed by atoms with Crippen molar-refractivity contribution in [3.8, 4) is 5.75 Å². The van der Waals surface area contributed by atoms with Crippen LogP contribution in [0, 0.1) is 5.92 Å². The Bertz CT molecular complexity index is 823. The van der Waals surface area contributed by atoms with Crippen molar-refractivity contribution in [1.82, 2.24) is 9.88 Å². The number of carboxylic acids is 1. The zero-order chi connectivity index (χ0) is 23.2. The third-order valence-electron chi connectivity index (χ3n) is 5.96. The molecule has 0 aromatic carbocycles. The van der Waals surface area contributed by atoms with Gasteiger partial charge in [-0.15, -0.1) is 0 Å². The highest BCUT2D eigenvalue weighted by Crippen LogP contribution is 2.40. The summed E-state index contributed by atoms with van der Waals surface area (Å²) >= 11 is 0. The fraction of sp³-hybridized carbons (Fsp3) is 0.591. The van der Waals surface area contributed by atoms with Crippen LogP contribution in [0.4, 0.5) is 13.2 Å². The zero-order valence-electron chi connectivity index (χ0n) is 17.6. The van der Waals surface area contributed by atoms with Crippen LogP contribution in [-0.2, 0) is 14.3 Å². The number of carbonyl (C=O) groups excluding carboxylic acids is 1. The van der Waals surface area contributed by atoms with Gasteiger partial charge in [-0.1, -0.05) is 11.6 Å². The molecule has 2 saturated heterocycles. The van der Waals surface area contributed by atoms with Crippen LogP contribution in [0.2, 0.25) is 0 Å². The quantitative estimate of drug-likeness (QED) is 0.681. The molecule has 32 heavy (non-hydrogen) atoms. The van der Waals surface area contributed by atoms with Crippen molar-refractivity contribution < 1.29 is 37.3 Å². The van der Waals surface area contributed by atoms with Crippen LogP contribution in [0.5, 0.6) is 5.75 Å². The lowest BCUT2D eigenvalue weighted by Gasteiger charge is -2.50. The second-order valence-corrected chi connectivity index (χ2v) is 8.24. The molecule has 176 valence electrons. The number of likely N-dealkylation sites (tertiary alicyclic amines) is 1. The van der Waals surface area contributed by atoms with Gasteiger partial charge in [0.25, 0.3) is 0 Å². The molecule has 1 amide bonds. The van der Waals surface area contributed by atoms with Gasteiger partial charge in [0.05, 0.1) is 25.9 Å². The summed E-state index contributed by atoms with van der Waals surface area (Å²) in [7, 11) is 0. The number of carboxylic acid groups (broad SMARTS) is 1. The topological polar surface area (TPSA) is 89.0 Å². The molecule has 4 rings (SSSR count). The number of nitrogens with zero attached hydrogens (tertiary/aromatic N) is 2. The Morgan fingerprint density at radius 3 is 2.66 bits per heavy atom. The molecular formula is C22H27F3N2O5. The Kier molecular flexibility index (Phi) is 7.76. The lowest BCUT2D eigenvalue weighted by Crippen LogP contribution is -2.66. The van der Waals surface area contributed by atoms with Crippen LogP contribution in [0.25, 0.3) is 0 Å². The second kappa shape index (κ2) is 10.3. The Morgan fingerprint density at radius 1 is 1.31 bits per heavy atom. The first-order valence-corrected chi connectivity index (χ1v) is 10.6. The Hall–Kier alpha value is -2.62. The van der Waals surface area contributed by atoms with Crippen LogP contribution >= 0.6 is 0 Å². The molecule has 1 unspecified atom stereocenters. The molecule has 2 fully saturated rings. The van der Waals surface area contributed by atoms with E-state index < -0.39 is 12.1 Å². The van der Waals surface area contributed by atoms with Gasteiger partial charge in [-0.3, -0.25) is 9.78 Å². The molecule has 1 aromatic rings. The number of carbonyl (C=O) groups is 2. The molecule has 1 spiro atoms. The van der Waals surface area contributed by atoms with Crippen molar-refractivity contribution >= 4 is 11.9 Å². The number of ether oxygens (including phenoxy) is 2. The van der Waals surface area contributed by atoms with Crippen molar-refractivity contribution in [3.63, 3.8) is 0 Å². The molecule has 7 nitrogen and oxygen atoms in total. The number of allylic oxidation sites excluding steroid dienone is 1. The van der Waals surface area contributed by atoms with Gasteiger partial charge in [0.15, 0.2) is 0 Å². The average Bonchev–Trinajstić information content (AvgIpc) is 3.16. The van der Waals surface area contributed by atoms with Gasteiger partial charge in [0, 0.05) is 25.1 Å². The van der Waals surface area contributed by atoms with Crippen LogP contribution in [0.15, 0.2) is 36.2 Å². The first-order valence-electron chi connectivity index (χ1n) is 10.6. The molecule has 10 heteroatoms. The first-order chi connectivity index (χ1) is 15.2. The predicted octanol–water partition coefficient (Wildman–Crippen LogP) is 3.60. The first kappa shape index (κ1) is 24.0. The monoisotopic (exact) mass is 456 g/mol. The van der Waals surface area contributed by atoms with Crippen molar-refractivity contribution in [3.05, 3.63) is 36.2 Å². The van der Waals surface area contributed by atoms with Crippen molar-refractivity contribution in [2.24, 2.45) is 5.92 Å². The maximum atomic E-state index is 12.5. The van der Waals surface area contributed by atoms with Crippen molar-refractivity contribution in [1.29, 1.82) is 0 Å². The van der Waals surface area contributed by atoms with Crippen LogP contribution in [0.1, 0.15) is 38.5 Å². The normalized spacial score (nSPS) is 21.8. The summed E-state index contributed by atoms with van der Waals surface area (Å²) in [6.07, 6.45) is 6.93. The minimum atomic E-state index is -5.08. The van der Waals surface area contributed by atoms with Crippen LogP contribution < -0.4 is 4.74 Å². The number of pyridine rings is 1. The lowest BCUT2D eigenvalue weighted by atomic mass is 9.81. The minimum absolute atomic E-state index is 0.196. The molecule has 1 N–H and O–H groups in total. The van der Waals surface area contributed by atoms with Gasteiger partial charge in [0.2, 0.25) is 5.91 Å². The number of rotatable bonds is 5. The van der Waals surface area contributed by atoms with Gasteiger partial charge in [0.1, 0.15) is 11.4 Å². The standard InChI is InChI=1S/C20H26N2O3.C2HF3O2/c23-19(11-16-5-2-1-3-6-16)22-14-20(15-22)17(8-10-25-20)13-24-18-7-4-9-21-12-18;3-2(4,5)1(6)7/h4-5,7,9,12,17H,1-3,6,8,10-11,13-15H2;(H,6,7). The molecule has 1 aromatic heterocycles. The van der Waals surface area contributed by atoms with E-state index >= 15 is 0 Å². The van der Waals surface area contributed by atoms with E-state index in [1.54, 1.807) is 12.4 Å². The lowest BCUT2D eigenvalue weighted by molar-refractivity contribution is -0.192. The number of hydrogen-bond acceptors (Lipinski definition) is 5. The van der Waals surface area contributed by atoms with Crippen LogP contribution in [-0.4, -0.2) is 64.9 Å². The van der Waals surface area contributed by atoms with E-state index in [4.69, 9.17) is 19.4 Å². The highest BCUT2D eigenvalue weighted by Gasteiger charge is 2.54. The molecule has 0 radical (unpaired) electrons. The minimum Gasteiger partial charge on any atom is -0.492 e. The number of halogens is 3. The Morgan fingerprint density at radius 2 is 2.06 bits per heavy atom. The number of aromatic nitrogens is 1. The molecular weight excluding hydrogens is 429 g/mol. The Labute approximate surface area is 184 Å². The van der Waals surface area contributed by atoms with Crippen molar-refractivity contribution in [2.45, 2.75) is 50.3 Å². The van der Waals surface area contributed by atoms with Gasteiger partial charge < -0.3 is 19.5 Å². The molecule has 1 atom stereocenters. The summed E-state index contributed by atoms with van der Waals surface area (Å²) in [4.78, 5) is 27.4. The molecule has 0 bridgehead atoms. The molecule has 2 aliphatic heterocycles. The molecule has 0 saturated carbocycles. The maximum absolute atomic E-state index is 12.5. The largest absolute Gasteiger partial charge is 0.492 e. The van der Waals surface area contributed by atoms with E-state index in [0.717, 1.165) is 31.6 Å². The fourth-order valence-corrected chi connectivity index (χ4v) is 4.15. The zero-order valence-corrected chi connectivity index (χ0v) is 17.6. The van der Waals surface area contributed by atoms with Gasteiger partial charge in [-0.2, -0.15) is 13.2 Å². The van der Waals surface area contributed by atoms with Crippen molar-refractivity contribution in [2.75, 3.05) is 26.3 Å². The van der Waals surface area contributed by atoms with E-state index in [1.807, 2.05) is 17.0 Å². The summed E-state index contributed by atoms with van der Waals surface area (Å²) in [6.45, 7) is 2.80. The van der Waals surface area contributed by atoms with Gasteiger partial charge in [-0.05, 0) is 44.2 Å². The number of alkyl halides is 3. The highest BCUT2D eigenvalue weighted by molar-refractivity contribution is 5.80. The van der Waals surface area contributed by atoms with E-state index in [1.165, 1.54) is 18.4 Å². The number of hydrogen-bond donors (Lipinski definition) is 1.